The van der Waals surface area contributed by atoms with Gasteiger partial charge in [-0.05, 0) is 55.0 Å². The van der Waals surface area contributed by atoms with E-state index in [4.69, 9.17) is 4.74 Å². The number of hydrogen-bond donors (Lipinski definition) is 0. The number of nitrogens with zero attached hydrogens (tertiary/aromatic N) is 4. The maximum Gasteiger partial charge on any atom is 0.212 e. The quantitative estimate of drug-likeness (QED) is 0.435. The van der Waals surface area contributed by atoms with Crippen molar-refractivity contribution in [3.63, 3.8) is 0 Å². The molecule has 0 atom stereocenters. The fourth-order valence-corrected chi connectivity index (χ4v) is 3.63. The molecule has 5 nitrogen and oxygen atoms in total. The highest BCUT2D eigenvalue weighted by molar-refractivity contribution is 6.04. The van der Waals surface area contributed by atoms with Crippen LogP contribution in [0.1, 0.15) is 5.82 Å². The summed E-state index contributed by atoms with van der Waals surface area (Å²) in [4.78, 5) is 13.5. The molecular weight excluding hydrogens is 367 g/mol. The molecular formula is C23H17FN4O. The van der Waals surface area contributed by atoms with Crippen molar-refractivity contribution < 1.29 is 9.13 Å². The van der Waals surface area contributed by atoms with Crippen LogP contribution >= 0.6 is 0 Å². The molecule has 0 saturated heterocycles. The number of benzene rings is 2. The topological polar surface area (TPSA) is 52.8 Å². The number of ether oxygens (including phenoxy) is 1. The fourth-order valence-electron chi connectivity index (χ4n) is 3.63. The summed E-state index contributed by atoms with van der Waals surface area (Å²) in [6, 6.07) is 16.3. The summed E-state index contributed by atoms with van der Waals surface area (Å²) < 4.78 is 20.6. The molecule has 0 unspecified atom stereocenters. The van der Waals surface area contributed by atoms with Crippen LogP contribution in [0.2, 0.25) is 0 Å². The second kappa shape index (κ2) is 6.67. The van der Waals surface area contributed by atoms with E-state index < -0.39 is 0 Å². The molecule has 5 aromatic rings. The van der Waals surface area contributed by atoms with E-state index in [2.05, 4.69) is 21.0 Å². The Balaban J connectivity index is 1.77. The van der Waals surface area contributed by atoms with Crippen LogP contribution < -0.4 is 4.74 Å². The molecule has 0 aliphatic rings. The highest BCUT2D eigenvalue weighted by Crippen LogP contribution is 2.31. The van der Waals surface area contributed by atoms with Crippen molar-refractivity contribution >= 4 is 21.9 Å². The van der Waals surface area contributed by atoms with Crippen molar-refractivity contribution in [2.45, 2.75) is 6.92 Å². The van der Waals surface area contributed by atoms with E-state index in [0.717, 1.165) is 44.6 Å². The van der Waals surface area contributed by atoms with Crippen LogP contribution in [0, 0.1) is 12.7 Å². The van der Waals surface area contributed by atoms with Crippen molar-refractivity contribution in [2.75, 3.05) is 7.11 Å². The summed E-state index contributed by atoms with van der Waals surface area (Å²) in [5.41, 5.74) is 5.47. The summed E-state index contributed by atoms with van der Waals surface area (Å²) in [5, 5.41) is 0.973. The number of methoxy groups -OCH3 is 1. The first-order valence-corrected chi connectivity index (χ1v) is 9.18. The highest BCUT2D eigenvalue weighted by atomic mass is 19.1. The predicted octanol–water partition coefficient (Wildman–Crippen LogP) is 5.09. The zero-order valence-corrected chi connectivity index (χ0v) is 15.9. The maximum atomic E-state index is 13.4. The van der Waals surface area contributed by atoms with Crippen LogP contribution in [-0.4, -0.2) is 26.6 Å². The van der Waals surface area contributed by atoms with Crippen LogP contribution in [0.5, 0.6) is 5.88 Å². The molecule has 142 valence electrons. The number of imidazole rings is 1. The summed E-state index contributed by atoms with van der Waals surface area (Å²) >= 11 is 0. The molecule has 2 aromatic carbocycles. The molecule has 3 heterocycles. The van der Waals surface area contributed by atoms with Crippen molar-refractivity contribution in [3.8, 4) is 22.7 Å². The zero-order chi connectivity index (χ0) is 20.0. The molecule has 0 N–H and O–H groups in total. The average Bonchev–Trinajstić information content (AvgIpc) is 3.10. The molecule has 0 fully saturated rings. The number of pyridine rings is 2. The van der Waals surface area contributed by atoms with E-state index in [1.807, 2.05) is 35.8 Å². The molecule has 0 aliphatic carbocycles. The molecule has 0 spiro atoms. The van der Waals surface area contributed by atoms with E-state index in [-0.39, 0.29) is 5.82 Å². The third-order valence-electron chi connectivity index (χ3n) is 5.01. The minimum Gasteiger partial charge on any atom is -0.481 e. The normalized spacial score (nSPS) is 11.3. The van der Waals surface area contributed by atoms with Gasteiger partial charge in [0.25, 0.3) is 0 Å². The number of halogens is 1. The molecule has 0 radical (unpaired) electrons. The van der Waals surface area contributed by atoms with Gasteiger partial charge in [-0.1, -0.05) is 6.07 Å². The minimum atomic E-state index is -0.267. The van der Waals surface area contributed by atoms with Crippen molar-refractivity contribution in [2.24, 2.45) is 0 Å². The molecule has 6 heteroatoms. The highest BCUT2D eigenvalue weighted by Gasteiger charge is 2.14. The summed E-state index contributed by atoms with van der Waals surface area (Å²) in [7, 11) is 1.60. The van der Waals surface area contributed by atoms with E-state index in [1.165, 1.54) is 12.1 Å². The van der Waals surface area contributed by atoms with Gasteiger partial charge < -0.3 is 4.74 Å². The minimum absolute atomic E-state index is 0.267. The first-order chi connectivity index (χ1) is 14.1. The van der Waals surface area contributed by atoms with E-state index >= 15 is 0 Å². The van der Waals surface area contributed by atoms with Crippen LogP contribution in [0.4, 0.5) is 4.39 Å². The Morgan fingerprint density at radius 3 is 2.38 bits per heavy atom. The van der Waals surface area contributed by atoms with Gasteiger partial charge in [0.05, 0.1) is 24.3 Å². The summed E-state index contributed by atoms with van der Waals surface area (Å²) in [6.45, 7) is 1.94. The zero-order valence-electron chi connectivity index (χ0n) is 15.9. The number of aromatic nitrogens is 4. The maximum absolute atomic E-state index is 13.4. The van der Waals surface area contributed by atoms with E-state index in [1.54, 1.807) is 31.6 Å². The van der Waals surface area contributed by atoms with Gasteiger partial charge >= 0.3 is 0 Å². The molecule has 3 aromatic heterocycles. The Morgan fingerprint density at radius 2 is 1.66 bits per heavy atom. The first-order valence-electron chi connectivity index (χ1n) is 9.18. The van der Waals surface area contributed by atoms with E-state index in [9.17, 15) is 4.39 Å². The van der Waals surface area contributed by atoms with Gasteiger partial charge in [-0.25, -0.2) is 14.4 Å². The lowest BCUT2D eigenvalue weighted by atomic mass is 10.0. The van der Waals surface area contributed by atoms with Crippen LogP contribution in [0.25, 0.3) is 38.8 Å². The van der Waals surface area contributed by atoms with Gasteiger partial charge in [-0.3, -0.25) is 9.55 Å². The standard InChI is InChI=1S/C23H17FN4O/c1-14-27-21-13-25-20-9-3-15(16-4-10-22(29-2)26-12-16)11-19(20)23(21)28(14)18-7-5-17(24)6-8-18/h3-13H,1-2H3. The van der Waals surface area contributed by atoms with Crippen LogP contribution in [0.3, 0.4) is 0 Å². The lowest BCUT2D eigenvalue weighted by Crippen LogP contribution is -1.98. The third-order valence-corrected chi connectivity index (χ3v) is 5.01. The lowest BCUT2D eigenvalue weighted by molar-refractivity contribution is 0.398. The van der Waals surface area contributed by atoms with Gasteiger partial charge in [0, 0.05) is 28.9 Å². The summed E-state index contributed by atoms with van der Waals surface area (Å²) in [6.07, 6.45) is 3.56. The van der Waals surface area contributed by atoms with Gasteiger partial charge in [0.15, 0.2) is 0 Å². The Kier molecular flexibility index (Phi) is 3.98. The first kappa shape index (κ1) is 17.3. The van der Waals surface area contributed by atoms with Crippen LogP contribution in [-0.2, 0) is 0 Å². The molecule has 5 rings (SSSR count). The number of aryl methyl sites for hydroxylation is 1. The van der Waals surface area contributed by atoms with Gasteiger partial charge in [-0.15, -0.1) is 0 Å². The Hall–Kier alpha value is -3.80. The average molecular weight is 384 g/mol. The second-order valence-electron chi connectivity index (χ2n) is 6.78. The Morgan fingerprint density at radius 1 is 0.862 bits per heavy atom. The van der Waals surface area contributed by atoms with Gasteiger partial charge in [-0.2, -0.15) is 0 Å². The van der Waals surface area contributed by atoms with Crippen molar-refractivity contribution in [3.05, 3.63) is 78.6 Å². The molecule has 29 heavy (non-hydrogen) atoms. The fraction of sp³-hybridized carbons (Fsp3) is 0.0870. The number of rotatable bonds is 3. The summed E-state index contributed by atoms with van der Waals surface area (Å²) in [5.74, 6) is 1.12. The molecule has 0 aliphatic heterocycles. The SMILES string of the molecule is COc1ccc(-c2ccc3ncc4nc(C)n(-c5ccc(F)cc5)c4c3c2)cn1. The van der Waals surface area contributed by atoms with Crippen LogP contribution in [0.15, 0.2) is 67.0 Å². The van der Waals surface area contributed by atoms with Gasteiger partial charge in [0.2, 0.25) is 5.88 Å². The Bertz CT molecular complexity index is 1340. The largest absolute Gasteiger partial charge is 0.481 e. The number of fused-ring (bicyclic) bond motifs is 3. The van der Waals surface area contributed by atoms with Crippen molar-refractivity contribution in [1.82, 2.24) is 19.5 Å². The van der Waals surface area contributed by atoms with Gasteiger partial charge in [0.1, 0.15) is 17.2 Å². The van der Waals surface area contributed by atoms with Crippen molar-refractivity contribution in [1.29, 1.82) is 0 Å². The Labute approximate surface area is 166 Å². The monoisotopic (exact) mass is 384 g/mol. The lowest BCUT2D eigenvalue weighted by Gasteiger charge is -2.10. The smallest absolute Gasteiger partial charge is 0.212 e. The molecule has 0 amide bonds. The molecule has 0 bridgehead atoms. The third kappa shape index (κ3) is 2.89. The predicted molar refractivity (Wildman–Crippen MR) is 111 cm³/mol. The second-order valence-corrected chi connectivity index (χ2v) is 6.78. The number of hydrogen-bond acceptors (Lipinski definition) is 4. The van der Waals surface area contributed by atoms with E-state index in [0.29, 0.717) is 5.88 Å². The molecule has 0 saturated carbocycles.